The summed E-state index contributed by atoms with van der Waals surface area (Å²) in [5.41, 5.74) is 0. The average Bonchev–Trinajstić information content (AvgIpc) is 2.93. The number of ether oxygens (including phenoxy) is 1. The topological polar surface area (TPSA) is 69.8 Å². The fourth-order valence-corrected chi connectivity index (χ4v) is 1.47. The molecule has 2 rings (SSSR count). The van der Waals surface area contributed by atoms with Crippen LogP contribution in [0.25, 0.3) is 0 Å². The summed E-state index contributed by atoms with van der Waals surface area (Å²) in [5, 5.41) is 11.0. The molecule has 0 fully saturated rings. The molecule has 0 aromatic carbocycles. The summed E-state index contributed by atoms with van der Waals surface area (Å²) in [5.74, 6) is 1.68. The Labute approximate surface area is 99.4 Å². The Morgan fingerprint density at radius 3 is 3.06 bits per heavy atom. The molecule has 0 unspecified atom stereocenters. The second-order valence-corrected chi connectivity index (χ2v) is 3.65. The van der Waals surface area contributed by atoms with Crippen molar-refractivity contribution in [3.8, 4) is 0 Å². The molecule has 7 heteroatoms. The molecule has 0 amide bonds. The quantitative estimate of drug-likeness (QED) is 0.779. The van der Waals surface area contributed by atoms with Crippen molar-refractivity contribution in [3.05, 3.63) is 24.5 Å². The number of hydrogen-bond donors (Lipinski definition) is 1. The Bertz CT molecular complexity index is 463. The molecule has 17 heavy (non-hydrogen) atoms. The molecule has 2 aromatic heterocycles. The SMILES string of the molecule is COCCn1ccnc1NCc1nncn1C. The Balaban J connectivity index is 1.95. The second kappa shape index (κ2) is 5.44. The molecule has 92 valence electrons. The summed E-state index contributed by atoms with van der Waals surface area (Å²) in [7, 11) is 3.60. The highest BCUT2D eigenvalue weighted by molar-refractivity contribution is 5.26. The number of aryl methyl sites for hydroxylation is 1. The fraction of sp³-hybridized carbons (Fsp3) is 0.500. The highest BCUT2D eigenvalue weighted by Crippen LogP contribution is 2.05. The van der Waals surface area contributed by atoms with Crippen LogP contribution in [0.2, 0.25) is 0 Å². The number of methoxy groups -OCH3 is 1. The van der Waals surface area contributed by atoms with Gasteiger partial charge in [-0.05, 0) is 0 Å². The maximum atomic E-state index is 5.04. The van der Waals surface area contributed by atoms with E-state index in [-0.39, 0.29) is 0 Å². The van der Waals surface area contributed by atoms with E-state index in [4.69, 9.17) is 4.74 Å². The summed E-state index contributed by atoms with van der Waals surface area (Å²) >= 11 is 0. The number of imidazole rings is 1. The standard InChI is InChI=1S/C10H16N6O/c1-15-8-13-14-9(15)7-12-10-11-3-4-16(10)5-6-17-2/h3-4,8H,5-7H2,1-2H3,(H,11,12). The summed E-state index contributed by atoms with van der Waals surface area (Å²) in [6.07, 6.45) is 5.35. The molecule has 0 saturated carbocycles. The van der Waals surface area contributed by atoms with E-state index in [1.165, 1.54) is 0 Å². The average molecular weight is 236 g/mol. The zero-order chi connectivity index (χ0) is 12.1. The van der Waals surface area contributed by atoms with Gasteiger partial charge in [0, 0.05) is 33.1 Å². The molecular weight excluding hydrogens is 220 g/mol. The molecule has 0 radical (unpaired) electrons. The van der Waals surface area contributed by atoms with Crippen LogP contribution in [0.15, 0.2) is 18.7 Å². The predicted octanol–water partition coefficient (Wildman–Crippen LogP) is 0.270. The molecule has 0 bridgehead atoms. The highest BCUT2D eigenvalue weighted by atomic mass is 16.5. The lowest BCUT2D eigenvalue weighted by atomic mass is 10.5. The molecule has 0 aliphatic rings. The highest BCUT2D eigenvalue weighted by Gasteiger charge is 2.04. The van der Waals surface area contributed by atoms with Gasteiger partial charge in [-0.3, -0.25) is 0 Å². The summed E-state index contributed by atoms with van der Waals surface area (Å²) < 4.78 is 8.91. The van der Waals surface area contributed by atoms with Gasteiger partial charge in [0.15, 0.2) is 5.82 Å². The van der Waals surface area contributed by atoms with Crippen LogP contribution < -0.4 is 5.32 Å². The van der Waals surface area contributed by atoms with Crippen molar-refractivity contribution in [2.24, 2.45) is 7.05 Å². The molecule has 0 saturated heterocycles. The van der Waals surface area contributed by atoms with Crippen molar-refractivity contribution >= 4 is 5.95 Å². The number of hydrogen-bond acceptors (Lipinski definition) is 5. The minimum absolute atomic E-state index is 0.598. The first-order valence-electron chi connectivity index (χ1n) is 5.38. The Hall–Kier alpha value is -1.89. The van der Waals surface area contributed by atoms with Crippen molar-refractivity contribution < 1.29 is 4.74 Å². The van der Waals surface area contributed by atoms with E-state index in [1.54, 1.807) is 19.6 Å². The zero-order valence-corrected chi connectivity index (χ0v) is 10.00. The summed E-state index contributed by atoms with van der Waals surface area (Å²) in [4.78, 5) is 4.24. The normalized spacial score (nSPS) is 10.7. The van der Waals surface area contributed by atoms with Crippen molar-refractivity contribution in [2.45, 2.75) is 13.1 Å². The van der Waals surface area contributed by atoms with Crippen molar-refractivity contribution in [3.63, 3.8) is 0 Å². The Morgan fingerprint density at radius 1 is 1.47 bits per heavy atom. The van der Waals surface area contributed by atoms with Crippen molar-refractivity contribution in [2.75, 3.05) is 19.0 Å². The van der Waals surface area contributed by atoms with Gasteiger partial charge in [-0.15, -0.1) is 10.2 Å². The second-order valence-electron chi connectivity index (χ2n) is 3.65. The van der Waals surface area contributed by atoms with Crippen LogP contribution in [-0.2, 0) is 24.9 Å². The maximum absolute atomic E-state index is 5.04. The first-order chi connectivity index (χ1) is 8.31. The third kappa shape index (κ3) is 2.82. The minimum atomic E-state index is 0.598. The Kier molecular flexibility index (Phi) is 3.71. The van der Waals surface area contributed by atoms with E-state index >= 15 is 0 Å². The van der Waals surface area contributed by atoms with Crippen LogP contribution in [0, 0.1) is 0 Å². The minimum Gasteiger partial charge on any atom is -0.383 e. The monoisotopic (exact) mass is 236 g/mol. The van der Waals surface area contributed by atoms with E-state index in [0.29, 0.717) is 13.2 Å². The van der Waals surface area contributed by atoms with Gasteiger partial charge < -0.3 is 19.2 Å². The summed E-state index contributed by atoms with van der Waals surface area (Å²) in [6, 6.07) is 0. The first kappa shape index (κ1) is 11.6. The molecule has 1 N–H and O–H groups in total. The van der Waals surface area contributed by atoms with Gasteiger partial charge >= 0.3 is 0 Å². The third-order valence-electron chi connectivity index (χ3n) is 2.46. The molecular formula is C10H16N6O. The van der Waals surface area contributed by atoms with Gasteiger partial charge in [0.25, 0.3) is 0 Å². The number of aromatic nitrogens is 5. The van der Waals surface area contributed by atoms with Crippen LogP contribution in [0.5, 0.6) is 0 Å². The third-order valence-corrected chi connectivity index (χ3v) is 2.46. The lowest BCUT2D eigenvalue weighted by Crippen LogP contribution is -2.12. The fourth-order valence-electron chi connectivity index (χ4n) is 1.47. The molecule has 0 atom stereocenters. The van der Waals surface area contributed by atoms with Crippen LogP contribution in [0.4, 0.5) is 5.95 Å². The van der Waals surface area contributed by atoms with Crippen molar-refractivity contribution in [1.82, 2.24) is 24.3 Å². The molecule has 0 aliphatic carbocycles. The van der Waals surface area contributed by atoms with E-state index in [9.17, 15) is 0 Å². The summed E-state index contributed by atoms with van der Waals surface area (Å²) in [6.45, 7) is 2.03. The molecule has 2 heterocycles. The maximum Gasteiger partial charge on any atom is 0.203 e. The van der Waals surface area contributed by atoms with E-state index in [0.717, 1.165) is 18.3 Å². The lowest BCUT2D eigenvalue weighted by Gasteiger charge is -2.08. The van der Waals surface area contributed by atoms with E-state index in [2.05, 4.69) is 20.5 Å². The van der Waals surface area contributed by atoms with Gasteiger partial charge in [-0.1, -0.05) is 0 Å². The first-order valence-corrected chi connectivity index (χ1v) is 5.38. The number of anilines is 1. The van der Waals surface area contributed by atoms with Gasteiger partial charge in [-0.25, -0.2) is 4.98 Å². The molecule has 2 aromatic rings. The van der Waals surface area contributed by atoms with E-state index < -0.39 is 0 Å². The molecule has 7 nitrogen and oxygen atoms in total. The zero-order valence-electron chi connectivity index (χ0n) is 10.00. The van der Waals surface area contributed by atoms with Crippen LogP contribution in [-0.4, -0.2) is 38.0 Å². The van der Waals surface area contributed by atoms with Gasteiger partial charge in [0.1, 0.15) is 6.33 Å². The van der Waals surface area contributed by atoms with Gasteiger partial charge in [-0.2, -0.15) is 0 Å². The smallest absolute Gasteiger partial charge is 0.203 e. The molecule has 0 aliphatic heterocycles. The molecule has 0 spiro atoms. The van der Waals surface area contributed by atoms with Crippen LogP contribution in [0.1, 0.15) is 5.82 Å². The van der Waals surface area contributed by atoms with Crippen molar-refractivity contribution in [1.29, 1.82) is 0 Å². The van der Waals surface area contributed by atoms with Crippen LogP contribution >= 0.6 is 0 Å². The van der Waals surface area contributed by atoms with E-state index in [1.807, 2.05) is 22.4 Å². The number of rotatable bonds is 6. The number of nitrogens with one attached hydrogen (secondary N) is 1. The largest absolute Gasteiger partial charge is 0.383 e. The predicted molar refractivity (Wildman–Crippen MR) is 62.4 cm³/mol. The lowest BCUT2D eigenvalue weighted by molar-refractivity contribution is 0.187. The van der Waals surface area contributed by atoms with Gasteiger partial charge in [0.2, 0.25) is 5.95 Å². The number of nitrogens with zero attached hydrogens (tertiary/aromatic N) is 5. The Morgan fingerprint density at radius 2 is 2.35 bits per heavy atom. The van der Waals surface area contributed by atoms with Crippen LogP contribution in [0.3, 0.4) is 0 Å². The van der Waals surface area contributed by atoms with Gasteiger partial charge in [0.05, 0.1) is 13.2 Å².